The summed E-state index contributed by atoms with van der Waals surface area (Å²) in [5.41, 5.74) is 0. The molecule has 0 saturated heterocycles. The molecule has 0 unspecified atom stereocenters. The van der Waals surface area contributed by atoms with Crippen molar-refractivity contribution in [3.05, 3.63) is 57.5 Å². The maximum absolute atomic E-state index is 11.7. The summed E-state index contributed by atoms with van der Waals surface area (Å²) in [5, 5.41) is 13.2. The highest BCUT2D eigenvalue weighted by molar-refractivity contribution is 7.17. The maximum atomic E-state index is 11.7. The molecule has 2 aromatic rings. The maximum Gasteiger partial charge on any atom is 0.324 e. The molecular weight excluding hydrogens is 292 g/mol. The lowest BCUT2D eigenvalue weighted by Gasteiger charge is -2.06. The lowest BCUT2D eigenvalue weighted by Crippen LogP contribution is -2.24. The molecule has 1 N–H and O–H groups in total. The van der Waals surface area contributed by atoms with Crippen molar-refractivity contribution < 1.29 is 14.5 Å². The van der Waals surface area contributed by atoms with Crippen molar-refractivity contribution in [1.29, 1.82) is 0 Å². The molecule has 0 radical (unpaired) electrons. The number of nitrogens with one attached hydrogen (secondary N) is 1. The molecule has 0 spiro atoms. The molecule has 21 heavy (non-hydrogen) atoms. The van der Waals surface area contributed by atoms with E-state index in [9.17, 15) is 14.9 Å². The van der Waals surface area contributed by atoms with Gasteiger partial charge in [0.15, 0.2) is 0 Å². The quantitative estimate of drug-likeness (QED) is 0.484. The zero-order valence-electron chi connectivity index (χ0n) is 11.2. The van der Waals surface area contributed by atoms with Gasteiger partial charge in [-0.3, -0.25) is 14.9 Å². The molecule has 1 amide bonds. The monoisotopic (exact) mass is 306 g/mol. The Morgan fingerprint density at radius 1 is 1.24 bits per heavy atom. The van der Waals surface area contributed by atoms with Crippen molar-refractivity contribution >= 4 is 22.2 Å². The van der Waals surface area contributed by atoms with Gasteiger partial charge in [0, 0.05) is 12.6 Å². The molecule has 6 nitrogen and oxygen atoms in total. The molecule has 0 aliphatic rings. The van der Waals surface area contributed by atoms with Gasteiger partial charge in [0.1, 0.15) is 5.75 Å². The number of rotatable bonds is 7. The number of hydrogen-bond acceptors (Lipinski definition) is 5. The molecule has 0 bridgehead atoms. The average Bonchev–Trinajstić information content (AvgIpc) is 2.98. The van der Waals surface area contributed by atoms with Crippen LogP contribution in [0.15, 0.2) is 42.5 Å². The molecule has 110 valence electrons. The largest absolute Gasteiger partial charge is 0.494 e. The van der Waals surface area contributed by atoms with Gasteiger partial charge in [-0.05, 0) is 24.6 Å². The van der Waals surface area contributed by atoms with Crippen LogP contribution in [0.1, 0.15) is 16.1 Å². The number of nitro groups is 1. The van der Waals surface area contributed by atoms with E-state index in [0.717, 1.165) is 17.1 Å². The van der Waals surface area contributed by atoms with Gasteiger partial charge in [-0.25, -0.2) is 0 Å². The predicted molar refractivity (Wildman–Crippen MR) is 79.9 cm³/mol. The van der Waals surface area contributed by atoms with Crippen LogP contribution >= 0.6 is 11.3 Å². The molecule has 1 heterocycles. The molecule has 0 fully saturated rings. The minimum absolute atomic E-state index is 0.0347. The second-order valence-electron chi connectivity index (χ2n) is 4.17. The normalized spacial score (nSPS) is 10.1. The van der Waals surface area contributed by atoms with Crippen molar-refractivity contribution in [2.45, 2.75) is 6.42 Å². The number of nitrogens with zero attached hydrogens (tertiary/aromatic N) is 1. The molecule has 0 saturated carbocycles. The van der Waals surface area contributed by atoms with E-state index >= 15 is 0 Å². The van der Waals surface area contributed by atoms with Gasteiger partial charge in [0.25, 0.3) is 5.91 Å². The third-order valence-corrected chi connectivity index (χ3v) is 3.65. The summed E-state index contributed by atoms with van der Waals surface area (Å²) < 4.78 is 5.49. The van der Waals surface area contributed by atoms with Crippen molar-refractivity contribution in [2.24, 2.45) is 0 Å². The minimum Gasteiger partial charge on any atom is -0.494 e. The van der Waals surface area contributed by atoms with Crippen molar-refractivity contribution in [3.63, 3.8) is 0 Å². The first-order chi connectivity index (χ1) is 10.2. The van der Waals surface area contributed by atoms with Crippen LogP contribution in [0.25, 0.3) is 0 Å². The summed E-state index contributed by atoms with van der Waals surface area (Å²) in [6.45, 7) is 0.951. The standard InChI is InChI=1S/C14H14N2O4S/c17-14(12-7-8-13(21-12)16(18)19)15-9-4-10-20-11-5-2-1-3-6-11/h1-3,5-8H,4,9-10H2,(H,15,17). The summed E-state index contributed by atoms with van der Waals surface area (Å²) in [7, 11) is 0. The number of carbonyl (C=O) groups excluding carboxylic acids is 1. The van der Waals surface area contributed by atoms with Crippen LogP contribution in [-0.4, -0.2) is 24.0 Å². The Hall–Kier alpha value is -2.41. The van der Waals surface area contributed by atoms with Crippen molar-refractivity contribution in [2.75, 3.05) is 13.2 Å². The molecule has 0 aliphatic carbocycles. The summed E-state index contributed by atoms with van der Waals surface area (Å²) in [4.78, 5) is 22.1. The van der Waals surface area contributed by atoms with E-state index in [1.165, 1.54) is 12.1 Å². The number of ether oxygens (including phenoxy) is 1. The van der Waals surface area contributed by atoms with E-state index in [1.54, 1.807) is 0 Å². The SMILES string of the molecule is O=C(NCCCOc1ccccc1)c1ccc([N+](=O)[O-])s1. The van der Waals surface area contributed by atoms with Crippen LogP contribution in [0, 0.1) is 10.1 Å². The van der Waals surface area contributed by atoms with E-state index in [1.807, 2.05) is 30.3 Å². The van der Waals surface area contributed by atoms with Crippen LogP contribution in [-0.2, 0) is 0 Å². The van der Waals surface area contributed by atoms with Gasteiger partial charge < -0.3 is 10.1 Å². The number of para-hydroxylation sites is 1. The fourth-order valence-electron chi connectivity index (χ4n) is 1.62. The van der Waals surface area contributed by atoms with Gasteiger partial charge in [-0.15, -0.1) is 0 Å². The highest BCUT2D eigenvalue weighted by atomic mass is 32.1. The molecule has 0 atom stereocenters. The van der Waals surface area contributed by atoms with E-state index < -0.39 is 4.92 Å². The van der Waals surface area contributed by atoms with Crippen LogP contribution in [0.5, 0.6) is 5.75 Å². The first kappa shape index (κ1) is 15.0. The fourth-order valence-corrected chi connectivity index (χ4v) is 2.35. The number of carbonyl (C=O) groups is 1. The van der Waals surface area contributed by atoms with E-state index in [-0.39, 0.29) is 10.9 Å². The van der Waals surface area contributed by atoms with E-state index in [2.05, 4.69) is 5.32 Å². The number of benzene rings is 1. The second-order valence-corrected chi connectivity index (χ2v) is 5.23. The first-order valence-corrected chi connectivity index (χ1v) is 7.19. The average molecular weight is 306 g/mol. The van der Waals surface area contributed by atoms with Gasteiger partial charge in [-0.1, -0.05) is 29.5 Å². The van der Waals surface area contributed by atoms with E-state index in [4.69, 9.17) is 4.74 Å². The smallest absolute Gasteiger partial charge is 0.324 e. The van der Waals surface area contributed by atoms with Gasteiger partial charge in [0.2, 0.25) is 0 Å². The predicted octanol–water partition coefficient (Wildman–Crippen LogP) is 2.86. The summed E-state index contributed by atoms with van der Waals surface area (Å²) in [6.07, 6.45) is 0.661. The Bertz CT molecular complexity index is 612. The van der Waals surface area contributed by atoms with Gasteiger partial charge in [0.05, 0.1) is 16.4 Å². The first-order valence-electron chi connectivity index (χ1n) is 6.37. The summed E-state index contributed by atoms with van der Waals surface area (Å²) >= 11 is 0.867. The zero-order chi connectivity index (χ0) is 15.1. The fraction of sp³-hybridized carbons (Fsp3) is 0.214. The molecule has 7 heteroatoms. The Kier molecular flexibility index (Phi) is 5.28. The Labute approximate surface area is 125 Å². The number of amides is 1. The van der Waals surface area contributed by atoms with Crippen LogP contribution in [0.2, 0.25) is 0 Å². The number of hydrogen-bond donors (Lipinski definition) is 1. The third kappa shape index (κ3) is 4.57. The molecule has 1 aromatic carbocycles. The van der Waals surface area contributed by atoms with Gasteiger partial charge in [-0.2, -0.15) is 0 Å². The third-order valence-electron chi connectivity index (χ3n) is 2.61. The Morgan fingerprint density at radius 3 is 2.67 bits per heavy atom. The summed E-state index contributed by atoms with van der Waals surface area (Å²) in [5.74, 6) is 0.491. The Balaban J connectivity index is 1.68. The highest BCUT2D eigenvalue weighted by Crippen LogP contribution is 2.23. The lowest BCUT2D eigenvalue weighted by molar-refractivity contribution is -0.380. The molecule has 2 rings (SSSR count). The van der Waals surface area contributed by atoms with Crippen LogP contribution < -0.4 is 10.1 Å². The lowest BCUT2D eigenvalue weighted by atomic mass is 10.3. The van der Waals surface area contributed by atoms with Crippen molar-refractivity contribution in [1.82, 2.24) is 5.32 Å². The van der Waals surface area contributed by atoms with Crippen LogP contribution in [0.4, 0.5) is 5.00 Å². The highest BCUT2D eigenvalue weighted by Gasteiger charge is 2.14. The van der Waals surface area contributed by atoms with E-state index in [0.29, 0.717) is 24.4 Å². The molecular formula is C14H14N2O4S. The van der Waals surface area contributed by atoms with Gasteiger partial charge >= 0.3 is 5.00 Å². The second kappa shape index (κ2) is 7.39. The molecule has 1 aromatic heterocycles. The minimum atomic E-state index is -0.505. The topological polar surface area (TPSA) is 81.5 Å². The summed E-state index contributed by atoms with van der Waals surface area (Å²) in [6, 6.07) is 12.2. The van der Waals surface area contributed by atoms with Crippen LogP contribution in [0.3, 0.4) is 0 Å². The number of thiophene rings is 1. The Morgan fingerprint density at radius 2 is 2.00 bits per heavy atom. The van der Waals surface area contributed by atoms with Crippen molar-refractivity contribution in [3.8, 4) is 5.75 Å². The molecule has 0 aliphatic heterocycles. The zero-order valence-corrected chi connectivity index (χ0v) is 12.0.